The second kappa shape index (κ2) is 6.47. The molecule has 1 atom stereocenters. The number of hydrogen-bond acceptors (Lipinski definition) is 1. The average molecular weight is 229 g/mol. The molecule has 1 N–H and O–H groups in total. The van der Waals surface area contributed by atoms with Crippen LogP contribution < -0.4 is 5.32 Å². The van der Waals surface area contributed by atoms with Gasteiger partial charge in [-0.25, -0.2) is 0 Å². The Morgan fingerprint density at radius 2 is 1.76 bits per heavy atom. The van der Waals surface area contributed by atoms with Gasteiger partial charge in [-0.3, -0.25) is 0 Å². The van der Waals surface area contributed by atoms with Gasteiger partial charge >= 0.3 is 0 Å². The number of aryl methyl sites for hydroxylation is 3. The molecule has 17 heavy (non-hydrogen) atoms. The van der Waals surface area contributed by atoms with Crippen LogP contribution in [0.3, 0.4) is 0 Å². The van der Waals surface area contributed by atoms with E-state index in [0.717, 1.165) is 13.0 Å². The Labute approximate surface area is 106 Å². The van der Waals surface area contributed by atoms with Crippen LogP contribution in [0.15, 0.2) is 12.1 Å². The maximum absolute atomic E-state index is 3.52. The van der Waals surface area contributed by atoms with Crippen molar-refractivity contribution in [3.05, 3.63) is 34.4 Å². The molecule has 0 saturated carbocycles. The Morgan fingerprint density at radius 3 is 2.41 bits per heavy atom. The van der Waals surface area contributed by atoms with E-state index in [-0.39, 0.29) is 0 Å². The second-order valence-corrected chi connectivity index (χ2v) is 4.65. The van der Waals surface area contributed by atoms with Gasteiger partial charge in [-0.15, -0.1) is 11.8 Å². The zero-order chi connectivity index (χ0) is 12.8. The zero-order valence-electron chi connectivity index (χ0n) is 11.6. The van der Waals surface area contributed by atoms with Crippen molar-refractivity contribution in [1.82, 2.24) is 5.32 Å². The van der Waals surface area contributed by atoms with Gasteiger partial charge in [0.2, 0.25) is 0 Å². The van der Waals surface area contributed by atoms with Crippen LogP contribution in [0.5, 0.6) is 0 Å². The third-order valence-electron chi connectivity index (χ3n) is 3.23. The first kappa shape index (κ1) is 13.8. The molecule has 0 radical (unpaired) electrons. The molecule has 0 saturated heterocycles. The molecule has 1 unspecified atom stereocenters. The van der Waals surface area contributed by atoms with E-state index in [0.29, 0.717) is 6.04 Å². The predicted molar refractivity (Wildman–Crippen MR) is 75.1 cm³/mol. The SMILES string of the molecule is CC#CCCNC(C)c1cc(C)c(C)cc1C. The summed E-state index contributed by atoms with van der Waals surface area (Å²) < 4.78 is 0. The smallest absolute Gasteiger partial charge is 0.0294 e. The minimum Gasteiger partial charge on any atom is -0.309 e. The first-order valence-corrected chi connectivity index (χ1v) is 6.27. The lowest BCUT2D eigenvalue weighted by Gasteiger charge is -2.17. The largest absolute Gasteiger partial charge is 0.309 e. The lowest BCUT2D eigenvalue weighted by Crippen LogP contribution is -2.20. The molecule has 0 aliphatic rings. The number of nitrogens with one attached hydrogen (secondary N) is 1. The van der Waals surface area contributed by atoms with Crippen molar-refractivity contribution >= 4 is 0 Å². The Balaban J connectivity index is 2.70. The van der Waals surface area contributed by atoms with E-state index in [4.69, 9.17) is 0 Å². The zero-order valence-corrected chi connectivity index (χ0v) is 11.6. The van der Waals surface area contributed by atoms with Crippen LogP contribution in [0.25, 0.3) is 0 Å². The molecular weight excluding hydrogens is 206 g/mol. The maximum atomic E-state index is 3.52. The summed E-state index contributed by atoms with van der Waals surface area (Å²) in [6.07, 6.45) is 0.921. The van der Waals surface area contributed by atoms with Gasteiger partial charge in [0.15, 0.2) is 0 Å². The molecule has 0 fully saturated rings. The molecule has 1 nitrogen and oxygen atoms in total. The summed E-state index contributed by atoms with van der Waals surface area (Å²) in [5.41, 5.74) is 5.51. The third-order valence-corrected chi connectivity index (χ3v) is 3.23. The molecule has 1 rings (SSSR count). The monoisotopic (exact) mass is 229 g/mol. The molecule has 1 heteroatoms. The summed E-state index contributed by atoms with van der Waals surface area (Å²) in [5, 5.41) is 3.52. The second-order valence-electron chi connectivity index (χ2n) is 4.65. The first-order chi connectivity index (χ1) is 8.06. The van der Waals surface area contributed by atoms with Gasteiger partial charge in [0.1, 0.15) is 0 Å². The summed E-state index contributed by atoms with van der Waals surface area (Å²) in [5.74, 6) is 6.00. The standard InChI is InChI=1S/C16H23N/c1-6-7-8-9-17-15(5)16-11-13(3)12(2)10-14(16)4/h10-11,15,17H,8-9H2,1-5H3. The molecule has 0 heterocycles. The fraction of sp³-hybridized carbons (Fsp3) is 0.500. The van der Waals surface area contributed by atoms with Crippen LogP contribution >= 0.6 is 0 Å². The molecule has 0 aliphatic heterocycles. The topological polar surface area (TPSA) is 12.0 Å². The van der Waals surface area contributed by atoms with Gasteiger partial charge in [0.05, 0.1) is 0 Å². The number of benzene rings is 1. The van der Waals surface area contributed by atoms with E-state index >= 15 is 0 Å². The van der Waals surface area contributed by atoms with Crippen molar-refractivity contribution in [2.45, 2.75) is 47.1 Å². The highest BCUT2D eigenvalue weighted by Gasteiger charge is 2.08. The van der Waals surface area contributed by atoms with Gasteiger partial charge in [-0.1, -0.05) is 12.1 Å². The van der Waals surface area contributed by atoms with Crippen molar-refractivity contribution < 1.29 is 0 Å². The third kappa shape index (κ3) is 3.91. The van der Waals surface area contributed by atoms with Crippen LogP contribution in [0.2, 0.25) is 0 Å². The summed E-state index contributed by atoms with van der Waals surface area (Å²) in [6.45, 7) is 11.6. The van der Waals surface area contributed by atoms with Gasteiger partial charge in [-0.05, 0) is 56.9 Å². The van der Waals surface area contributed by atoms with Crippen molar-refractivity contribution in [1.29, 1.82) is 0 Å². The normalized spacial score (nSPS) is 11.8. The van der Waals surface area contributed by atoms with Gasteiger partial charge in [0.25, 0.3) is 0 Å². The number of rotatable bonds is 4. The van der Waals surface area contributed by atoms with E-state index in [1.165, 1.54) is 22.3 Å². The average Bonchev–Trinajstić information content (AvgIpc) is 2.29. The molecule has 0 aromatic heterocycles. The van der Waals surface area contributed by atoms with E-state index in [1.807, 2.05) is 6.92 Å². The Hall–Kier alpha value is -1.26. The van der Waals surface area contributed by atoms with Crippen molar-refractivity contribution in [3.63, 3.8) is 0 Å². The molecule has 1 aromatic carbocycles. The molecule has 0 spiro atoms. The summed E-state index contributed by atoms with van der Waals surface area (Å²) >= 11 is 0. The first-order valence-electron chi connectivity index (χ1n) is 6.27. The lowest BCUT2D eigenvalue weighted by molar-refractivity contribution is 0.581. The quantitative estimate of drug-likeness (QED) is 0.613. The fourth-order valence-corrected chi connectivity index (χ4v) is 2.04. The molecule has 0 bridgehead atoms. The van der Waals surface area contributed by atoms with E-state index in [1.54, 1.807) is 0 Å². The molecule has 0 amide bonds. The van der Waals surface area contributed by atoms with Crippen LogP contribution in [0.1, 0.15) is 48.6 Å². The minimum absolute atomic E-state index is 0.396. The summed E-state index contributed by atoms with van der Waals surface area (Å²) in [4.78, 5) is 0. The van der Waals surface area contributed by atoms with Crippen LogP contribution in [-0.2, 0) is 0 Å². The van der Waals surface area contributed by atoms with Crippen LogP contribution in [-0.4, -0.2) is 6.54 Å². The minimum atomic E-state index is 0.396. The summed E-state index contributed by atoms with van der Waals surface area (Å²) in [7, 11) is 0. The highest BCUT2D eigenvalue weighted by atomic mass is 14.9. The van der Waals surface area contributed by atoms with E-state index in [2.05, 4.69) is 57.0 Å². The van der Waals surface area contributed by atoms with Crippen LogP contribution in [0, 0.1) is 32.6 Å². The Morgan fingerprint density at radius 1 is 1.12 bits per heavy atom. The Kier molecular flexibility index (Phi) is 5.25. The molecule has 1 aromatic rings. The van der Waals surface area contributed by atoms with Crippen molar-refractivity contribution in [3.8, 4) is 11.8 Å². The lowest BCUT2D eigenvalue weighted by atomic mass is 9.96. The van der Waals surface area contributed by atoms with Crippen molar-refractivity contribution in [2.24, 2.45) is 0 Å². The summed E-state index contributed by atoms with van der Waals surface area (Å²) in [6, 6.07) is 4.97. The number of hydrogen-bond donors (Lipinski definition) is 1. The molecule has 0 aliphatic carbocycles. The van der Waals surface area contributed by atoms with E-state index in [9.17, 15) is 0 Å². The molecular formula is C16H23N. The van der Waals surface area contributed by atoms with Gasteiger partial charge in [0, 0.05) is 19.0 Å². The van der Waals surface area contributed by atoms with E-state index < -0.39 is 0 Å². The van der Waals surface area contributed by atoms with Gasteiger partial charge < -0.3 is 5.32 Å². The van der Waals surface area contributed by atoms with Crippen LogP contribution in [0.4, 0.5) is 0 Å². The molecule has 92 valence electrons. The highest BCUT2D eigenvalue weighted by Crippen LogP contribution is 2.21. The predicted octanol–water partition coefficient (Wildman–Crippen LogP) is 3.68. The Bertz CT molecular complexity index is 435. The fourth-order valence-electron chi connectivity index (χ4n) is 2.04. The van der Waals surface area contributed by atoms with Gasteiger partial charge in [-0.2, -0.15) is 0 Å². The van der Waals surface area contributed by atoms with Crippen molar-refractivity contribution in [2.75, 3.05) is 6.54 Å². The highest BCUT2D eigenvalue weighted by molar-refractivity contribution is 5.38. The maximum Gasteiger partial charge on any atom is 0.0294 e.